The quantitative estimate of drug-likeness (QED) is 0.915. The molecule has 1 heterocycles. The van der Waals surface area contributed by atoms with Crippen LogP contribution in [-0.4, -0.2) is 44.2 Å². The van der Waals surface area contributed by atoms with Gasteiger partial charge in [0, 0.05) is 49.5 Å². The minimum atomic E-state index is 0.480. The zero-order valence-corrected chi connectivity index (χ0v) is 12.9. The third kappa shape index (κ3) is 4.10. The summed E-state index contributed by atoms with van der Waals surface area (Å²) < 4.78 is 0. The van der Waals surface area contributed by atoms with Crippen molar-refractivity contribution in [2.75, 3.05) is 38.1 Å². The maximum atomic E-state index is 6.38. The minimum absolute atomic E-state index is 0.480. The second-order valence-corrected chi connectivity index (χ2v) is 6.01. The number of likely N-dealkylation sites (N-methyl/N-ethyl adjacent to an activating group) is 1. The average Bonchev–Trinajstić information content (AvgIpc) is 2.38. The van der Waals surface area contributed by atoms with Crippen molar-refractivity contribution in [2.45, 2.75) is 26.4 Å². The molecule has 1 aliphatic heterocycles. The smallest absolute Gasteiger partial charge is 0.0471 e. The van der Waals surface area contributed by atoms with Crippen molar-refractivity contribution in [1.29, 1.82) is 0 Å². The molecule has 0 bridgehead atoms. The van der Waals surface area contributed by atoms with Gasteiger partial charge in [-0.25, -0.2) is 0 Å². The van der Waals surface area contributed by atoms with Gasteiger partial charge in [-0.1, -0.05) is 31.5 Å². The van der Waals surface area contributed by atoms with Crippen LogP contribution in [0.4, 0.5) is 5.69 Å². The van der Waals surface area contributed by atoms with Gasteiger partial charge >= 0.3 is 0 Å². The number of halogens is 1. The van der Waals surface area contributed by atoms with Crippen LogP contribution >= 0.6 is 11.6 Å². The van der Waals surface area contributed by atoms with Gasteiger partial charge < -0.3 is 15.1 Å². The van der Waals surface area contributed by atoms with Crippen LogP contribution in [0.1, 0.15) is 19.4 Å². The third-order valence-electron chi connectivity index (χ3n) is 3.61. The summed E-state index contributed by atoms with van der Waals surface area (Å²) in [6.45, 7) is 9.52. The highest BCUT2D eigenvalue weighted by Gasteiger charge is 2.15. The summed E-state index contributed by atoms with van der Waals surface area (Å²) in [5, 5.41) is 4.27. The van der Waals surface area contributed by atoms with Gasteiger partial charge in [-0.05, 0) is 24.7 Å². The summed E-state index contributed by atoms with van der Waals surface area (Å²) in [5.74, 6) is 0. The van der Waals surface area contributed by atoms with Gasteiger partial charge in [0.05, 0.1) is 0 Å². The van der Waals surface area contributed by atoms with E-state index in [1.807, 2.05) is 0 Å². The highest BCUT2D eigenvalue weighted by molar-refractivity contribution is 6.31. The first-order valence-corrected chi connectivity index (χ1v) is 7.39. The van der Waals surface area contributed by atoms with Crippen molar-refractivity contribution in [3.8, 4) is 0 Å². The fourth-order valence-electron chi connectivity index (χ4n) is 2.26. The lowest BCUT2D eigenvalue weighted by molar-refractivity contribution is 0.313. The zero-order chi connectivity index (χ0) is 13.8. The van der Waals surface area contributed by atoms with Crippen LogP contribution < -0.4 is 10.2 Å². The molecule has 2 rings (SSSR count). The lowest BCUT2D eigenvalue weighted by Gasteiger charge is -2.34. The van der Waals surface area contributed by atoms with E-state index < -0.39 is 0 Å². The molecule has 0 aliphatic carbocycles. The summed E-state index contributed by atoms with van der Waals surface area (Å²) in [4.78, 5) is 4.77. The molecule has 0 radical (unpaired) electrons. The van der Waals surface area contributed by atoms with Gasteiger partial charge in [-0.15, -0.1) is 0 Å². The Labute approximate surface area is 121 Å². The molecule has 4 heteroatoms. The van der Waals surface area contributed by atoms with Crippen molar-refractivity contribution in [3.63, 3.8) is 0 Å². The number of nitrogens with zero attached hydrogens (tertiary/aromatic N) is 2. The molecule has 1 aromatic carbocycles. The topological polar surface area (TPSA) is 18.5 Å². The highest BCUT2D eigenvalue weighted by Crippen LogP contribution is 2.24. The number of nitrogens with one attached hydrogen (secondary N) is 1. The van der Waals surface area contributed by atoms with Gasteiger partial charge in [0.15, 0.2) is 0 Å². The normalized spacial score (nSPS) is 17.2. The van der Waals surface area contributed by atoms with E-state index in [1.54, 1.807) is 0 Å². The number of benzene rings is 1. The van der Waals surface area contributed by atoms with Crippen LogP contribution in [0.2, 0.25) is 5.02 Å². The van der Waals surface area contributed by atoms with Gasteiger partial charge in [0.2, 0.25) is 0 Å². The number of rotatable bonds is 4. The Morgan fingerprint density at radius 1 is 1.21 bits per heavy atom. The molecule has 1 fully saturated rings. The molecule has 0 amide bonds. The molecule has 0 saturated carbocycles. The van der Waals surface area contributed by atoms with E-state index >= 15 is 0 Å². The van der Waals surface area contributed by atoms with Crippen molar-refractivity contribution in [3.05, 3.63) is 28.8 Å². The van der Waals surface area contributed by atoms with Gasteiger partial charge in [0.1, 0.15) is 0 Å². The molecule has 1 saturated heterocycles. The highest BCUT2D eigenvalue weighted by atomic mass is 35.5. The predicted octanol–water partition coefficient (Wildman–Crippen LogP) is 2.59. The first kappa shape index (κ1) is 14.6. The molecule has 19 heavy (non-hydrogen) atoms. The summed E-state index contributed by atoms with van der Waals surface area (Å²) >= 11 is 6.38. The Balaban J connectivity index is 2.02. The van der Waals surface area contributed by atoms with Gasteiger partial charge in [-0.3, -0.25) is 0 Å². The SMILES string of the molecule is CC(C)NCc1ccc(N2CCN(C)CC2)cc1Cl. The Kier molecular flexibility index (Phi) is 5.08. The van der Waals surface area contributed by atoms with Crippen molar-refractivity contribution >= 4 is 17.3 Å². The summed E-state index contributed by atoms with van der Waals surface area (Å²) in [5.41, 5.74) is 2.42. The molecule has 3 nitrogen and oxygen atoms in total. The Hall–Kier alpha value is -0.770. The van der Waals surface area contributed by atoms with E-state index in [2.05, 4.69) is 54.2 Å². The Bertz CT molecular complexity index is 412. The third-order valence-corrected chi connectivity index (χ3v) is 3.96. The zero-order valence-electron chi connectivity index (χ0n) is 12.1. The van der Waals surface area contributed by atoms with Crippen LogP contribution in [0.5, 0.6) is 0 Å². The first-order valence-electron chi connectivity index (χ1n) is 7.01. The molecule has 106 valence electrons. The molecule has 1 N–H and O–H groups in total. The monoisotopic (exact) mass is 281 g/mol. The number of hydrogen-bond donors (Lipinski definition) is 1. The first-order chi connectivity index (χ1) is 9.06. The standard InChI is InChI=1S/C15H24ClN3/c1-12(2)17-11-13-4-5-14(10-15(13)16)19-8-6-18(3)7-9-19/h4-5,10,12,17H,6-9,11H2,1-3H3. The maximum Gasteiger partial charge on any atom is 0.0471 e. The molecule has 0 aromatic heterocycles. The number of hydrogen-bond acceptors (Lipinski definition) is 3. The fourth-order valence-corrected chi connectivity index (χ4v) is 2.50. The summed E-state index contributed by atoms with van der Waals surface area (Å²) in [6.07, 6.45) is 0. The van der Waals surface area contributed by atoms with Gasteiger partial charge in [-0.2, -0.15) is 0 Å². The molecule has 0 unspecified atom stereocenters. The maximum absolute atomic E-state index is 6.38. The number of piperazine rings is 1. The molecule has 0 spiro atoms. The number of anilines is 1. The predicted molar refractivity (Wildman–Crippen MR) is 83.1 cm³/mol. The van der Waals surface area contributed by atoms with Crippen molar-refractivity contribution in [1.82, 2.24) is 10.2 Å². The minimum Gasteiger partial charge on any atom is -0.369 e. The molecule has 1 aromatic rings. The van der Waals surface area contributed by atoms with E-state index in [4.69, 9.17) is 11.6 Å². The summed E-state index contributed by atoms with van der Waals surface area (Å²) in [7, 11) is 2.17. The van der Waals surface area contributed by atoms with E-state index in [9.17, 15) is 0 Å². The van der Waals surface area contributed by atoms with E-state index in [0.717, 1.165) is 37.7 Å². The molecular formula is C15H24ClN3. The van der Waals surface area contributed by atoms with Crippen molar-refractivity contribution < 1.29 is 0 Å². The van der Waals surface area contributed by atoms with Crippen LogP contribution in [-0.2, 0) is 6.54 Å². The lowest BCUT2D eigenvalue weighted by atomic mass is 10.1. The summed E-state index contributed by atoms with van der Waals surface area (Å²) in [6, 6.07) is 6.91. The molecule has 1 aliphatic rings. The molecular weight excluding hydrogens is 258 g/mol. The van der Waals surface area contributed by atoms with E-state index in [1.165, 1.54) is 11.3 Å². The van der Waals surface area contributed by atoms with Crippen LogP contribution in [0.3, 0.4) is 0 Å². The van der Waals surface area contributed by atoms with E-state index in [0.29, 0.717) is 6.04 Å². The van der Waals surface area contributed by atoms with Crippen LogP contribution in [0.25, 0.3) is 0 Å². The molecule has 0 atom stereocenters. The van der Waals surface area contributed by atoms with Crippen molar-refractivity contribution in [2.24, 2.45) is 0 Å². The van der Waals surface area contributed by atoms with Crippen LogP contribution in [0.15, 0.2) is 18.2 Å². The second kappa shape index (κ2) is 6.60. The largest absolute Gasteiger partial charge is 0.369 e. The van der Waals surface area contributed by atoms with E-state index in [-0.39, 0.29) is 0 Å². The lowest BCUT2D eigenvalue weighted by Crippen LogP contribution is -2.44. The second-order valence-electron chi connectivity index (χ2n) is 5.60. The fraction of sp³-hybridized carbons (Fsp3) is 0.600. The van der Waals surface area contributed by atoms with Crippen LogP contribution in [0, 0.1) is 0 Å². The Morgan fingerprint density at radius 3 is 2.47 bits per heavy atom. The van der Waals surface area contributed by atoms with Gasteiger partial charge in [0.25, 0.3) is 0 Å². The Morgan fingerprint density at radius 2 is 1.89 bits per heavy atom. The average molecular weight is 282 g/mol.